The molecule has 0 heterocycles. The van der Waals surface area contributed by atoms with Crippen molar-refractivity contribution in [3.63, 3.8) is 0 Å². The first-order chi connectivity index (χ1) is 9.59. The number of ether oxygens (including phenoxy) is 2. The van der Waals surface area contributed by atoms with Crippen molar-refractivity contribution in [3.8, 4) is 0 Å². The molecule has 2 unspecified atom stereocenters. The molecule has 0 bridgehead atoms. The molecule has 0 amide bonds. The third-order valence-electron chi connectivity index (χ3n) is 5.05. The second-order valence-corrected chi connectivity index (χ2v) is 6.64. The molecule has 0 saturated heterocycles. The van der Waals surface area contributed by atoms with Gasteiger partial charge in [-0.25, -0.2) is 0 Å². The van der Waals surface area contributed by atoms with Crippen LogP contribution in [0.25, 0.3) is 0 Å². The molecule has 2 atom stereocenters. The highest BCUT2D eigenvalue weighted by Gasteiger charge is 2.43. The second kappa shape index (κ2) is 9.01. The largest absolute Gasteiger partial charge is 0.385 e. The SMILES string of the molecule is CCCNC(C(C)CCOC)C1(OC)CCC(C)CC1. The highest BCUT2D eigenvalue weighted by molar-refractivity contribution is 4.98. The van der Waals surface area contributed by atoms with Crippen molar-refractivity contribution in [2.45, 2.75) is 70.9 Å². The molecule has 1 saturated carbocycles. The molecule has 3 nitrogen and oxygen atoms in total. The maximum atomic E-state index is 6.08. The van der Waals surface area contributed by atoms with E-state index in [1.807, 2.05) is 7.11 Å². The summed E-state index contributed by atoms with van der Waals surface area (Å²) < 4.78 is 11.4. The third kappa shape index (κ3) is 4.71. The Kier molecular flexibility index (Phi) is 8.08. The minimum Gasteiger partial charge on any atom is -0.385 e. The van der Waals surface area contributed by atoms with E-state index in [1.54, 1.807) is 7.11 Å². The standard InChI is InChI=1S/C17H35NO2/c1-6-12-18-16(15(3)9-13-19-4)17(20-5)10-7-14(2)8-11-17/h14-16,18H,6-13H2,1-5H3. The number of nitrogens with one attached hydrogen (secondary N) is 1. The normalized spacial score (nSPS) is 30.1. The Hall–Kier alpha value is -0.120. The highest BCUT2D eigenvalue weighted by Crippen LogP contribution is 2.39. The molecular formula is C17H35NO2. The van der Waals surface area contributed by atoms with Crippen molar-refractivity contribution in [2.75, 3.05) is 27.4 Å². The quantitative estimate of drug-likeness (QED) is 0.702. The molecule has 1 aliphatic carbocycles. The van der Waals surface area contributed by atoms with Crippen molar-refractivity contribution < 1.29 is 9.47 Å². The lowest BCUT2D eigenvalue weighted by Gasteiger charge is -2.47. The van der Waals surface area contributed by atoms with Gasteiger partial charge in [-0.15, -0.1) is 0 Å². The summed E-state index contributed by atoms with van der Waals surface area (Å²) in [6, 6.07) is 0.440. The summed E-state index contributed by atoms with van der Waals surface area (Å²) in [6.07, 6.45) is 7.21. The van der Waals surface area contributed by atoms with Crippen molar-refractivity contribution in [1.82, 2.24) is 5.32 Å². The van der Waals surface area contributed by atoms with Gasteiger partial charge in [0, 0.05) is 26.9 Å². The topological polar surface area (TPSA) is 30.5 Å². The number of hydrogen-bond donors (Lipinski definition) is 1. The van der Waals surface area contributed by atoms with Gasteiger partial charge in [0.2, 0.25) is 0 Å². The minimum atomic E-state index is 0.0227. The van der Waals surface area contributed by atoms with Gasteiger partial charge in [0.05, 0.1) is 5.60 Å². The average Bonchev–Trinajstić information content (AvgIpc) is 2.47. The van der Waals surface area contributed by atoms with E-state index in [1.165, 1.54) is 32.1 Å². The van der Waals surface area contributed by atoms with Crippen molar-refractivity contribution in [1.29, 1.82) is 0 Å². The molecule has 3 heteroatoms. The first-order valence-electron chi connectivity index (χ1n) is 8.37. The van der Waals surface area contributed by atoms with E-state index >= 15 is 0 Å². The van der Waals surface area contributed by atoms with Crippen LogP contribution in [0.15, 0.2) is 0 Å². The van der Waals surface area contributed by atoms with Gasteiger partial charge in [-0.05, 0) is 56.9 Å². The molecule has 120 valence electrons. The lowest BCUT2D eigenvalue weighted by atomic mass is 9.71. The van der Waals surface area contributed by atoms with Gasteiger partial charge >= 0.3 is 0 Å². The second-order valence-electron chi connectivity index (χ2n) is 6.64. The molecule has 1 N–H and O–H groups in total. The Morgan fingerprint density at radius 2 is 1.90 bits per heavy atom. The Morgan fingerprint density at radius 1 is 1.25 bits per heavy atom. The third-order valence-corrected chi connectivity index (χ3v) is 5.05. The van der Waals surface area contributed by atoms with Gasteiger partial charge < -0.3 is 14.8 Å². The lowest BCUT2D eigenvalue weighted by Crippen LogP contribution is -2.57. The monoisotopic (exact) mass is 285 g/mol. The van der Waals surface area contributed by atoms with Crippen molar-refractivity contribution in [3.05, 3.63) is 0 Å². The van der Waals surface area contributed by atoms with Crippen LogP contribution < -0.4 is 5.32 Å². The Bertz CT molecular complexity index is 249. The van der Waals surface area contributed by atoms with Crippen LogP contribution in [0.3, 0.4) is 0 Å². The summed E-state index contributed by atoms with van der Waals surface area (Å²) in [5, 5.41) is 3.77. The Labute approximate surface area is 125 Å². The van der Waals surface area contributed by atoms with Gasteiger partial charge in [0.1, 0.15) is 0 Å². The first-order valence-corrected chi connectivity index (χ1v) is 8.37. The van der Waals surface area contributed by atoms with Crippen molar-refractivity contribution in [2.24, 2.45) is 11.8 Å². The van der Waals surface area contributed by atoms with Crippen LogP contribution in [0, 0.1) is 11.8 Å². The summed E-state index contributed by atoms with van der Waals surface area (Å²) >= 11 is 0. The number of methoxy groups -OCH3 is 2. The molecule has 20 heavy (non-hydrogen) atoms. The van der Waals surface area contributed by atoms with E-state index in [0.717, 1.165) is 25.5 Å². The Morgan fingerprint density at radius 3 is 2.40 bits per heavy atom. The maximum absolute atomic E-state index is 6.08. The van der Waals surface area contributed by atoms with Crippen LogP contribution in [-0.2, 0) is 9.47 Å². The maximum Gasteiger partial charge on any atom is 0.0833 e. The van der Waals surface area contributed by atoms with Gasteiger partial charge in [0.15, 0.2) is 0 Å². The van der Waals surface area contributed by atoms with E-state index < -0.39 is 0 Å². The van der Waals surface area contributed by atoms with Crippen molar-refractivity contribution >= 4 is 0 Å². The van der Waals surface area contributed by atoms with E-state index in [-0.39, 0.29) is 5.60 Å². The molecule has 0 aliphatic heterocycles. The van der Waals surface area contributed by atoms with E-state index in [2.05, 4.69) is 26.1 Å². The van der Waals surface area contributed by atoms with Crippen LogP contribution in [0.4, 0.5) is 0 Å². The smallest absolute Gasteiger partial charge is 0.0833 e. The van der Waals surface area contributed by atoms with Gasteiger partial charge in [-0.3, -0.25) is 0 Å². The van der Waals surface area contributed by atoms with Crippen LogP contribution in [-0.4, -0.2) is 39.0 Å². The molecule has 0 radical (unpaired) electrons. The lowest BCUT2D eigenvalue weighted by molar-refractivity contribution is -0.0885. The van der Waals surface area contributed by atoms with Crippen LogP contribution in [0.2, 0.25) is 0 Å². The average molecular weight is 285 g/mol. The zero-order valence-electron chi connectivity index (χ0n) is 14.2. The van der Waals surface area contributed by atoms with Gasteiger partial charge in [0.25, 0.3) is 0 Å². The Balaban J connectivity index is 2.76. The summed E-state index contributed by atoms with van der Waals surface area (Å²) in [7, 11) is 3.69. The summed E-state index contributed by atoms with van der Waals surface area (Å²) in [5.74, 6) is 1.43. The fourth-order valence-corrected chi connectivity index (χ4v) is 3.57. The summed E-state index contributed by atoms with van der Waals surface area (Å²) in [6.45, 7) is 8.84. The highest BCUT2D eigenvalue weighted by atomic mass is 16.5. The summed E-state index contributed by atoms with van der Waals surface area (Å²) in [5.41, 5.74) is 0.0227. The minimum absolute atomic E-state index is 0.0227. The van der Waals surface area contributed by atoms with E-state index in [9.17, 15) is 0 Å². The molecule has 1 fully saturated rings. The molecule has 0 aromatic carbocycles. The van der Waals surface area contributed by atoms with Crippen LogP contribution in [0.1, 0.15) is 59.3 Å². The predicted molar refractivity (Wildman–Crippen MR) is 85.1 cm³/mol. The fourth-order valence-electron chi connectivity index (χ4n) is 3.57. The number of hydrogen-bond acceptors (Lipinski definition) is 3. The molecule has 0 spiro atoms. The zero-order chi connectivity index (χ0) is 15.0. The molecule has 1 aliphatic rings. The molecular weight excluding hydrogens is 250 g/mol. The number of rotatable bonds is 9. The van der Waals surface area contributed by atoms with E-state index in [4.69, 9.17) is 9.47 Å². The van der Waals surface area contributed by atoms with E-state index in [0.29, 0.717) is 12.0 Å². The van der Waals surface area contributed by atoms with Gasteiger partial charge in [-0.2, -0.15) is 0 Å². The zero-order valence-corrected chi connectivity index (χ0v) is 14.2. The first kappa shape index (κ1) is 17.9. The molecule has 0 aromatic heterocycles. The molecule has 0 aromatic rings. The predicted octanol–water partition coefficient (Wildman–Crippen LogP) is 3.62. The van der Waals surface area contributed by atoms with Gasteiger partial charge in [-0.1, -0.05) is 20.8 Å². The fraction of sp³-hybridized carbons (Fsp3) is 1.00. The molecule has 1 rings (SSSR count). The van der Waals surface area contributed by atoms with Crippen LogP contribution in [0.5, 0.6) is 0 Å². The summed E-state index contributed by atoms with van der Waals surface area (Å²) in [4.78, 5) is 0. The van der Waals surface area contributed by atoms with Crippen LogP contribution >= 0.6 is 0 Å².